The molecule has 0 aliphatic rings. The number of fused-ring (bicyclic) bond motifs is 1. The molecule has 0 unspecified atom stereocenters. The van der Waals surface area contributed by atoms with E-state index >= 15 is 0 Å². The van der Waals surface area contributed by atoms with Gasteiger partial charge in [0.25, 0.3) is 0 Å². The lowest BCUT2D eigenvalue weighted by Crippen LogP contribution is -2.12. The number of nitrogens with zero attached hydrogens (tertiary/aromatic N) is 2. The standard InChI is InChI=1S/C20H17F6N3O2S/c1-9(2)7-31-18(30)15-10(3)14-16(27-8-28-17(14)32-15)29-13-5-11(19(21,22)23)4-12(6-13)20(24,25)26/h4-6,8-9H,7H2,1-3H3,(H,27,28,29). The predicted octanol–water partition coefficient (Wildman–Crippen LogP) is 6.59. The Morgan fingerprint density at radius 2 is 1.66 bits per heavy atom. The van der Waals surface area contributed by atoms with E-state index < -0.39 is 35.1 Å². The third kappa shape index (κ3) is 5.12. The van der Waals surface area contributed by atoms with Gasteiger partial charge in [-0.3, -0.25) is 0 Å². The van der Waals surface area contributed by atoms with E-state index in [1.54, 1.807) is 6.92 Å². The Balaban J connectivity index is 2.05. The van der Waals surface area contributed by atoms with Crippen LogP contribution in [0.2, 0.25) is 0 Å². The van der Waals surface area contributed by atoms with Crippen LogP contribution in [0.5, 0.6) is 0 Å². The van der Waals surface area contributed by atoms with Crippen LogP contribution < -0.4 is 5.32 Å². The molecule has 172 valence electrons. The van der Waals surface area contributed by atoms with Crippen LogP contribution in [-0.2, 0) is 17.1 Å². The molecular weight excluding hydrogens is 460 g/mol. The molecule has 1 aromatic carbocycles. The van der Waals surface area contributed by atoms with Crippen molar-refractivity contribution in [2.24, 2.45) is 5.92 Å². The molecule has 3 rings (SSSR count). The van der Waals surface area contributed by atoms with E-state index in [-0.39, 0.29) is 29.3 Å². The van der Waals surface area contributed by atoms with Crippen LogP contribution in [0.25, 0.3) is 10.2 Å². The molecule has 0 bridgehead atoms. The van der Waals surface area contributed by atoms with Crippen molar-refractivity contribution < 1.29 is 35.9 Å². The Kier molecular flexibility index (Phi) is 6.36. The second-order valence-electron chi connectivity index (χ2n) is 7.37. The van der Waals surface area contributed by atoms with Crippen LogP contribution in [0, 0.1) is 12.8 Å². The van der Waals surface area contributed by atoms with Gasteiger partial charge in [0, 0.05) is 5.69 Å². The Labute approximate surface area is 182 Å². The molecule has 0 saturated heterocycles. The summed E-state index contributed by atoms with van der Waals surface area (Å²) in [5.74, 6) is -0.517. The average Bonchev–Trinajstić information content (AvgIpc) is 3.02. The van der Waals surface area contributed by atoms with Crippen molar-refractivity contribution in [1.82, 2.24) is 9.97 Å². The first-order valence-electron chi connectivity index (χ1n) is 9.25. The van der Waals surface area contributed by atoms with Crippen molar-refractivity contribution in [3.8, 4) is 0 Å². The van der Waals surface area contributed by atoms with E-state index in [9.17, 15) is 31.1 Å². The fraction of sp³-hybridized carbons (Fsp3) is 0.350. The third-order valence-corrected chi connectivity index (χ3v) is 5.49. The molecule has 3 aromatic rings. The molecule has 0 atom stereocenters. The van der Waals surface area contributed by atoms with Crippen molar-refractivity contribution in [3.05, 3.63) is 46.1 Å². The molecule has 1 N–H and O–H groups in total. The number of carbonyl (C=O) groups is 1. The minimum atomic E-state index is -4.98. The summed E-state index contributed by atoms with van der Waals surface area (Å²) in [6, 6.07) is 1.16. The number of aryl methyl sites for hydroxylation is 1. The van der Waals surface area contributed by atoms with Gasteiger partial charge in [0.2, 0.25) is 0 Å². The molecule has 0 fully saturated rings. The molecule has 5 nitrogen and oxygen atoms in total. The Morgan fingerprint density at radius 1 is 1.06 bits per heavy atom. The lowest BCUT2D eigenvalue weighted by atomic mass is 10.1. The number of alkyl halides is 6. The number of rotatable bonds is 5. The summed E-state index contributed by atoms with van der Waals surface area (Å²) in [4.78, 5) is 21.0. The second kappa shape index (κ2) is 8.57. The van der Waals surface area contributed by atoms with Crippen LogP contribution in [0.1, 0.15) is 40.2 Å². The summed E-state index contributed by atoms with van der Waals surface area (Å²) in [6.07, 6.45) is -8.86. The first-order valence-corrected chi connectivity index (χ1v) is 10.1. The van der Waals surface area contributed by atoms with E-state index in [2.05, 4.69) is 15.3 Å². The minimum absolute atomic E-state index is 0.0286. The number of thiophene rings is 1. The monoisotopic (exact) mass is 477 g/mol. The zero-order valence-electron chi connectivity index (χ0n) is 17.0. The van der Waals surface area contributed by atoms with Gasteiger partial charge in [0.1, 0.15) is 21.9 Å². The largest absolute Gasteiger partial charge is 0.461 e. The summed E-state index contributed by atoms with van der Waals surface area (Å²) >= 11 is 0.998. The van der Waals surface area contributed by atoms with Gasteiger partial charge in [-0.25, -0.2) is 14.8 Å². The summed E-state index contributed by atoms with van der Waals surface area (Å²) < 4.78 is 84.1. The molecule has 12 heteroatoms. The molecule has 0 spiro atoms. The average molecular weight is 477 g/mol. The molecule has 0 aliphatic heterocycles. The minimum Gasteiger partial charge on any atom is -0.461 e. The summed E-state index contributed by atoms with van der Waals surface area (Å²) in [6.45, 7) is 5.49. The first-order chi connectivity index (χ1) is 14.8. The van der Waals surface area contributed by atoms with Crippen LogP contribution in [0.4, 0.5) is 37.8 Å². The molecule has 32 heavy (non-hydrogen) atoms. The highest BCUT2D eigenvalue weighted by atomic mass is 32.1. The highest BCUT2D eigenvalue weighted by Crippen LogP contribution is 2.39. The normalized spacial score (nSPS) is 12.4. The van der Waals surface area contributed by atoms with Gasteiger partial charge in [0.15, 0.2) is 0 Å². The second-order valence-corrected chi connectivity index (χ2v) is 8.37. The van der Waals surface area contributed by atoms with Crippen LogP contribution >= 0.6 is 11.3 Å². The SMILES string of the molecule is Cc1c(C(=O)OCC(C)C)sc2ncnc(Nc3cc(C(F)(F)F)cc(C(F)(F)F)c3)c12. The van der Waals surface area contributed by atoms with E-state index in [4.69, 9.17) is 4.74 Å². The van der Waals surface area contributed by atoms with Crippen LogP contribution in [0.3, 0.4) is 0 Å². The highest BCUT2D eigenvalue weighted by Gasteiger charge is 2.37. The van der Waals surface area contributed by atoms with Crippen LogP contribution in [-0.4, -0.2) is 22.5 Å². The topological polar surface area (TPSA) is 64.1 Å². The maximum atomic E-state index is 13.1. The van der Waals surface area contributed by atoms with E-state index in [0.29, 0.717) is 27.9 Å². The maximum absolute atomic E-state index is 13.1. The molecule has 0 radical (unpaired) electrons. The molecular formula is C20H17F6N3O2S. The fourth-order valence-electron chi connectivity index (χ4n) is 2.83. The molecule has 2 aromatic heterocycles. The Bertz CT molecular complexity index is 1120. The lowest BCUT2D eigenvalue weighted by molar-refractivity contribution is -0.143. The molecule has 0 amide bonds. The number of hydrogen-bond acceptors (Lipinski definition) is 6. The van der Waals surface area contributed by atoms with Crippen molar-refractivity contribution in [2.75, 3.05) is 11.9 Å². The first kappa shape index (κ1) is 23.8. The maximum Gasteiger partial charge on any atom is 0.416 e. The highest BCUT2D eigenvalue weighted by molar-refractivity contribution is 7.20. The van der Waals surface area contributed by atoms with Crippen molar-refractivity contribution >= 4 is 39.0 Å². The molecule has 0 saturated carbocycles. The van der Waals surface area contributed by atoms with E-state index in [1.165, 1.54) is 0 Å². The zero-order chi connectivity index (χ0) is 23.8. The fourth-order valence-corrected chi connectivity index (χ4v) is 3.88. The van der Waals surface area contributed by atoms with Gasteiger partial charge in [-0.1, -0.05) is 13.8 Å². The lowest BCUT2D eigenvalue weighted by Gasteiger charge is -2.15. The number of anilines is 2. The number of carbonyl (C=O) groups excluding carboxylic acids is 1. The number of hydrogen-bond donors (Lipinski definition) is 1. The van der Waals surface area contributed by atoms with Gasteiger partial charge in [-0.2, -0.15) is 26.3 Å². The van der Waals surface area contributed by atoms with Crippen LogP contribution in [0.15, 0.2) is 24.5 Å². The van der Waals surface area contributed by atoms with E-state index in [0.717, 1.165) is 17.7 Å². The Hall–Kier alpha value is -2.89. The van der Waals surface area contributed by atoms with Gasteiger partial charge in [0.05, 0.1) is 23.1 Å². The number of ether oxygens (including phenoxy) is 1. The summed E-state index contributed by atoms with van der Waals surface area (Å²) in [7, 11) is 0. The van der Waals surface area contributed by atoms with Gasteiger partial charge in [-0.15, -0.1) is 11.3 Å². The van der Waals surface area contributed by atoms with Gasteiger partial charge >= 0.3 is 18.3 Å². The summed E-state index contributed by atoms with van der Waals surface area (Å²) in [5.41, 5.74) is -2.97. The number of halogens is 6. The van der Waals surface area contributed by atoms with Crippen molar-refractivity contribution in [1.29, 1.82) is 0 Å². The van der Waals surface area contributed by atoms with Gasteiger partial charge < -0.3 is 10.1 Å². The quantitative estimate of drug-likeness (QED) is 0.332. The number of aromatic nitrogens is 2. The van der Waals surface area contributed by atoms with Crippen molar-refractivity contribution in [2.45, 2.75) is 33.1 Å². The molecule has 0 aliphatic carbocycles. The van der Waals surface area contributed by atoms with Gasteiger partial charge in [-0.05, 0) is 36.6 Å². The zero-order valence-corrected chi connectivity index (χ0v) is 17.8. The van der Waals surface area contributed by atoms with E-state index in [1.807, 2.05) is 13.8 Å². The summed E-state index contributed by atoms with van der Waals surface area (Å²) in [5, 5.41) is 2.82. The number of benzene rings is 1. The third-order valence-electron chi connectivity index (χ3n) is 4.31. The molecule has 2 heterocycles. The van der Waals surface area contributed by atoms with Crippen molar-refractivity contribution in [3.63, 3.8) is 0 Å². The number of nitrogens with one attached hydrogen (secondary N) is 1. The predicted molar refractivity (Wildman–Crippen MR) is 107 cm³/mol. The smallest absolute Gasteiger partial charge is 0.416 e. The number of esters is 1. The Morgan fingerprint density at radius 3 is 2.19 bits per heavy atom.